The molecule has 12 heavy (non-hydrogen) atoms. The van der Waals surface area contributed by atoms with E-state index in [0.717, 1.165) is 5.33 Å². The Morgan fingerprint density at radius 1 is 1.42 bits per heavy atom. The fraction of sp³-hybridized carbons (Fsp3) is 0.400. The molecule has 0 radical (unpaired) electrons. The molecule has 0 aromatic heterocycles. The van der Waals surface area contributed by atoms with Gasteiger partial charge in [0.05, 0.1) is 0 Å². The van der Waals surface area contributed by atoms with Crippen LogP contribution in [0.5, 0.6) is 0 Å². The average Bonchev–Trinajstić information content (AvgIpc) is 2.81. The molecule has 0 saturated carbocycles. The predicted molar refractivity (Wildman–Crippen MR) is 52.5 cm³/mol. The van der Waals surface area contributed by atoms with Gasteiger partial charge in [-0.05, 0) is 12.5 Å². The Hall–Kier alpha value is -0.340. The average molecular weight is 227 g/mol. The second-order valence-corrected chi connectivity index (χ2v) is 3.92. The molecule has 1 aliphatic rings. The molecule has 0 spiro atoms. The van der Waals surface area contributed by atoms with Crippen LogP contribution in [-0.2, 0) is 4.74 Å². The third-order valence-corrected chi connectivity index (χ3v) is 3.37. The van der Waals surface area contributed by atoms with Gasteiger partial charge in [-0.3, -0.25) is 0 Å². The zero-order valence-electron chi connectivity index (χ0n) is 6.96. The lowest BCUT2D eigenvalue weighted by molar-refractivity contribution is 0.330. The molecule has 0 amide bonds. The standard InChI is InChI=1S/C10H11BrO/c1-10(7-11)9(12-10)8-5-3-2-4-6-8/h2-6,9H,7H2,1H3/t9-,10+/m0/s1. The number of benzene rings is 1. The molecular formula is C10H11BrO. The lowest BCUT2D eigenvalue weighted by Gasteiger charge is -1.99. The van der Waals surface area contributed by atoms with Crippen molar-refractivity contribution >= 4 is 15.9 Å². The van der Waals surface area contributed by atoms with Crippen LogP contribution in [0.4, 0.5) is 0 Å². The van der Waals surface area contributed by atoms with Crippen LogP contribution >= 0.6 is 15.9 Å². The van der Waals surface area contributed by atoms with Crippen LogP contribution < -0.4 is 0 Å². The van der Waals surface area contributed by atoms with E-state index in [-0.39, 0.29) is 11.7 Å². The zero-order chi connectivity index (χ0) is 8.60. The zero-order valence-corrected chi connectivity index (χ0v) is 8.54. The quantitative estimate of drug-likeness (QED) is 0.559. The Morgan fingerprint density at radius 2 is 2.08 bits per heavy atom. The van der Waals surface area contributed by atoms with E-state index in [1.807, 2.05) is 18.2 Å². The topological polar surface area (TPSA) is 12.5 Å². The van der Waals surface area contributed by atoms with Crippen LogP contribution in [-0.4, -0.2) is 10.9 Å². The van der Waals surface area contributed by atoms with Crippen LogP contribution in [0.25, 0.3) is 0 Å². The molecule has 1 aromatic carbocycles. The molecule has 0 aliphatic carbocycles. The van der Waals surface area contributed by atoms with E-state index in [4.69, 9.17) is 4.74 Å². The Kier molecular flexibility index (Phi) is 1.97. The molecule has 64 valence electrons. The fourth-order valence-electron chi connectivity index (χ4n) is 1.39. The van der Waals surface area contributed by atoms with Crippen LogP contribution in [0.15, 0.2) is 30.3 Å². The maximum atomic E-state index is 5.59. The van der Waals surface area contributed by atoms with Gasteiger partial charge in [-0.1, -0.05) is 46.3 Å². The van der Waals surface area contributed by atoms with Crippen molar-refractivity contribution in [2.75, 3.05) is 5.33 Å². The van der Waals surface area contributed by atoms with Gasteiger partial charge >= 0.3 is 0 Å². The van der Waals surface area contributed by atoms with Gasteiger partial charge < -0.3 is 4.74 Å². The lowest BCUT2D eigenvalue weighted by Crippen LogP contribution is -2.06. The Morgan fingerprint density at radius 3 is 2.58 bits per heavy atom. The minimum absolute atomic E-state index is 0.0291. The minimum atomic E-state index is 0.0291. The van der Waals surface area contributed by atoms with E-state index in [1.54, 1.807) is 0 Å². The van der Waals surface area contributed by atoms with Gasteiger partial charge in [-0.2, -0.15) is 0 Å². The minimum Gasteiger partial charge on any atom is -0.360 e. The van der Waals surface area contributed by atoms with Crippen molar-refractivity contribution < 1.29 is 4.74 Å². The molecule has 1 nitrogen and oxygen atoms in total. The molecule has 1 fully saturated rings. The van der Waals surface area contributed by atoms with E-state index in [2.05, 4.69) is 35.0 Å². The highest BCUT2D eigenvalue weighted by Gasteiger charge is 2.52. The molecular weight excluding hydrogens is 216 g/mol. The maximum Gasteiger partial charge on any atom is 0.113 e. The normalized spacial score (nSPS) is 33.3. The fourth-order valence-corrected chi connectivity index (χ4v) is 1.81. The van der Waals surface area contributed by atoms with E-state index >= 15 is 0 Å². The van der Waals surface area contributed by atoms with Crippen LogP contribution in [0.3, 0.4) is 0 Å². The first-order valence-electron chi connectivity index (χ1n) is 4.05. The van der Waals surface area contributed by atoms with Crippen molar-refractivity contribution in [2.45, 2.75) is 18.6 Å². The highest BCUT2D eigenvalue weighted by Crippen LogP contribution is 2.50. The molecule has 0 unspecified atom stereocenters. The van der Waals surface area contributed by atoms with Crippen molar-refractivity contribution in [3.05, 3.63) is 35.9 Å². The van der Waals surface area contributed by atoms with Crippen LogP contribution in [0.2, 0.25) is 0 Å². The Bertz CT molecular complexity index is 272. The summed E-state index contributed by atoms with van der Waals surface area (Å²) in [5, 5.41) is 0.902. The van der Waals surface area contributed by atoms with Gasteiger partial charge in [0.15, 0.2) is 0 Å². The largest absolute Gasteiger partial charge is 0.360 e. The molecule has 1 aliphatic heterocycles. The van der Waals surface area contributed by atoms with Gasteiger partial charge in [-0.15, -0.1) is 0 Å². The maximum absolute atomic E-state index is 5.59. The summed E-state index contributed by atoms with van der Waals surface area (Å²) in [6.45, 7) is 2.12. The summed E-state index contributed by atoms with van der Waals surface area (Å²) in [7, 11) is 0. The van der Waals surface area contributed by atoms with E-state index in [9.17, 15) is 0 Å². The number of hydrogen-bond acceptors (Lipinski definition) is 1. The van der Waals surface area contributed by atoms with Crippen LogP contribution in [0, 0.1) is 0 Å². The summed E-state index contributed by atoms with van der Waals surface area (Å²) in [4.78, 5) is 0. The SMILES string of the molecule is C[C@]1(CBr)O[C@H]1c1ccccc1. The highest BCUT2D eigenvalue weighted by atomic mass is 79.9. The van der Waals surface area contributed by atoms with Crippen LogP contribution in [0.1, 0.15) is 18.6 Å². The monoisotopic (exact) mass is 226 g/mol. The third-order valence-electron chi connectivity index (χ3n) is 2.25. The number of halogens is 1. The number of epoxide rings is 1. The van der Waals surface area contributed by atoms with E-state index in [1.165, 1.54) is 5.56 Å². The van der Waals surface area contributed by atoms with E-state index < -0.39 is 0 Å². The van der Waals surface area contributed by atoms with Gasteiger partial charge in [0.25, 0.3) is 0 Å². The van der Waals surface area contributed by atoms with Crippen molar-refractivity contribution in [3.63, 3.8) is 0 Å². The van der Waals surface area contributed by atoms with Gasteiger partial charge in [0.2, 0.25) is 0 Å². The molecule has 0 bridgehead atoms. The van der Waals surface area contributed by atoms with Gasteiger partial charge in [0.1, 0.15) is 11.7 Å². The smallest absolute Gasteiger partial charge is 0.113 e. The van der Waals surface area contributed by atoms with Gasteiger partial charge in [0, 0.05) is 5.33 Å². The first-order chi connectivity index (χ1) is 5.76. The Labute approximate surface area is 80.9 Å². The molecule has 1 heterocycles. The summed E-state index contributed by atoms with van der Waals surface area (Å²) >= 11 is 3.45. The lowest BCUT2D eigenvalue weighted by atomic mass is 10.0. The molecule has 2 atom stereocenters. The summed E-state index contributed by atoms with van der Waals surface area (Å²) in [5.41, 5.74) is 1.31. The summed E-state index contributed by atoms with van der Waals surface area (Å²) in [6.07, 6.45) is 0.290. The predicted octanol–water partition coefficient (Wildman–Crippen LogP) is 2.91. The first kappa shape index (κ1) is 8.27. The summed E-state index contributed by atoms with van der Waals surface area (Å²) in [5.74, 6) is 0. The first-order valence-corrected chi connectivity index (χ1v) is 5.17. The van der Waals surface area contributed by atoms with Gasteiger partial charge in [-0.25, -0.2) is 0 Å². The summed E-state index contributed by atoms with van der Waals surface area (Å²) in [6, 6.07) is 10.3. The number of ether oxygens (including phenoxy) is 1. The molecule has 2 rings (SSSR count). The van der Waals surface area contributed by atoms with Crippen molar-refractivity contribution in [1.29, 1.82) is 0 Å². The third kappa shape index (κ3) is 1.29. The summed E-state index contributed by atoms with van der Waals surface area (Å²) < 4.78 is 5.59. The Balaban J connectivity index is 2.16. The van der Waals surface area contributed by atoms with Crippen molar-refractivity contribution in [2.24, 2.45) is 0 Å². The highest BCUT2D eigenvalue weighted by molar-refractivity contribution is 9.09. The second kappa shape index (κ2) is 2.86. The molecule has 0 N–H and O–H groups in total. The second-order valence-electron chi connectivity index (χ2n) is 3.35. The number of hydrogen-bond donors (Lipinski definition) is 0. The molecule has 2 heteroatoms. The molecule has 1 aromatic rings. The number of rotatable bonds is 2. The van der Waals surface area contributed by atoms with Crippen molar-refractivity contribution in [1.82, 2.24) is 0 Å². The number of alkyl halides is 1. The molecule has 1 saturated heterocycles. The van der Waals surface area contributed by atoms with Crippen molar-refractivity contribution in [3.8, 4) is 0 Å². The van der Waals surface area contributed by atoms with E-state index in [0.29, 0.717) is 0 Å².